The SMILES string of the molecule is c1cnc2c(c1)-c1n3cc4cnccn4c3c[n+]1C2. The quantitative estimate of drug-likeness (QED) is 0.387. The van der Waals surface area contributed by atoms with Gasteiger partial charge in [-0.3, -0.25) is 14.4 Å². The summed E-state index contributed by atoms with van der Waals surface area (Å²) in [6.45, 7) is 0.848. The van der Waals surface area contributed by atoms with Crippen molar-refractivity contribution in [3.63, 3.8) is 0 Å². The van der Waals surface area contributed by atoms with Crippen LogP contribution in [0.3, 0.4) is 0 Å². The van der Waals surface area contributed by atoms with Gasteiger partial charge in [0, 0.05) is 18.6 Å². The number of hydrogen-bond acceptors (Lipinski definition) is 2. The minimum absolute atomic E-state index is 0.848. The van der Waals surface area contributed by atoms with Gasteiger partial charge >= 0.3 is 0 Å². The third kappa shape index (κ3) is 1.03. The van der Waals surface area contributed by atoms with Crippen molar-refractivity contribution in [1.29, 1.82) is 0 Å². The zero-order valence-electron chi connectivity index (χ0n) is 10.1. The highest BCUT2D eigenvalue weighted by molar-refractivity contribution is 5.65. The molecule has 1 aliphatic rings. The summed E-state index contributed by atoms with van der Waals surface area (Å²) in [4.78, 5) is 8.63. The predicted molar refractivity (Wildman–Crippen MR) is 68.7 cm³/mol. The molecule has 1 aliphatic heterocycles. The smallest absolute Gasteiger partial charge is 0.274 e. The van der Waals surface area contributed by atoms with Gasteiger partial charge in [-0.25, -0.2) is 4.57 Å². The van der Waals surface area contributed by atoms with Crippen molar-refractivity contribution >= 4 is 11.2 Å². The summed E-state index contributed by atoms with van der Waals surface area (Å²) in [7, 11) is 0. The van der Waals surface area contributed by atoms with Crippen LogP contribution < -0.4 is 4.57 Å². The van der Waals surface area contributed by atoms with E-state index in [9.17, 15) is 0 Å². The van der Waals surface area contributed by atoms with Gasteiger partial charge in [0.05, 0.1) is 17.5 Å². The van der Waals surface area contributed by atoms with Crippen LogP contribution >= 0.6 is 0 Å². The first kappa shape index (κ1) is 9.27. The molecule has 0 aliphatic carbocycles. The average molecular weight is 248 g/mol. The lowest BCUT2D eigenvalue weighted by molar-refractivity contribution is -0.670. The molecule has 0 atom stereocenters. The van der Waals surface area contributed by atoms with E-state index in [1.165, 1.54) is 11.4 Å². The standard InChI is InChI=1S/C14H10N5/c1-2-11-12(16-3-1)8-17-9-13-18-5-4-15-6-10(18)7-19(13)14(11)17/h1-7,9H,8H2/q+1. The second kappa shape index (κ2) is 3.00. The van der Waals surface area contributed by atoms with E-state index in [4.69, 9.17) is 0 Å². The molecule has 0 amide bonds. The fourth-order valence-corrected chi connectivity index (χ4v) is 2.96. The van der Waals surface area contributed by atoms with Gasteiger partial charge in [0.2, 0.25) is 0 Å². The van der Waals surface area contributed by atoms with E-state index < -0.39 is 0 Å². The number of hydrogen-bond donors (Lipinski definition) is 0. The number of aromatic nitrogens is 5. The van der Waals surface area contributed by atoms with Gasteiger partial charge in [-0.2, -0.15) is 4.40 Å². The van der Waals surface area contributed by atoms with Crippen molar-refractivity contribution in [2.75, 3.05) is 0 Å². The predicted octanol–water partition coefficient (Wildman–Crippen LogP) is 1.30. The molecule has 0 unspecified atom stereocenters. The molecular formula is C14H10N5+. The monoisotopic (exact) mass is 248 g/mol. The first-order valence-electron chi connectivity index (χ1n) is 6.22. The maximum Gasteiger partial charge on any atom is 0.297 e. The molecule has 0 bridgehead atoms. The van der Waals surface area contributed by atoms with Crippen LogP contribution in [0.1, 0.15) is 5.69 Å². The molecule has 0 N–H and O–H groups in total. The van der Waals surface area contributed by atoms with Crippen LogP contribution in [0, 0.1) is 0 Å². The van der Waals surface area contributed by atoms with Crippen LogP contribution in [0.5, 0.6) is 0 Å². The summed E-state index contributed by atoms with van der Waals surface area (Å²) in [5.74, 6) is 1.20. The van der Waals surface area contributed by atoms with Gasteiger partial charge in [0.25, 0.3) is 11.5 Å². The number of rotatable bonds is 0. The summed E-state index contributed by atoms with van der Waals surface area (Å²) < 4.78 is 6.61. The van der Waals surface area contributed by atoms with Crippen LogP contribution in [-0.2, 0) is 6.54 Å². The Balaban J connectivity index is 1.97. The fraction of sp³-hybridized carbons (Fsp3) is 0.0714. The third-order valence-electron chi connectivity index (χ3n) is 3.76. The molecule has 0 saturated heterocycles. The van der Waals surface area contributed by atoms with E-state index in [0.29, 0.717) is 0 Å². The third-order valence-corrected chi connectivity index (χ3v) is 3.76. The largest absolute Gasteiger partial charge is 0.297 e. The number of imidazole rings is 2. The Morgan fingerprint density at radius 3 is 3.21 bits per heavy atom. The summed E-state index contributed by atoms with van der Waals surface area (Å²) >= 11 is 0. The molecule has 5 heterocycles. The Morgan fingerprint density at radius 1 is 1.21 bits per heavy atom. The van der Waals surface area contributed by atoms with E-state index >= 15 is 0 Å². The van der Waals surface area contributed by atoms with Gasteiger partial charge in [-0.05, 0) is 12.1 Å². The molecule has 19 heavy (non-hydrogen) atoms. The lowest BCUT2D eigenvalue weighted by atomic mass is 10.2. The molecule has 0 aromatic carbocycles. The topological polar surface area (TPSA) is 38.5 Å². The maximum absolute atomic E-state index is 4.45. The molecule has 4 aromatic rings. The number of pyridine rings is 1. The van der Waals surface area contributed by atoms with E-state index in [0.717, 1.165) is 23.4 Å². The Hall–Kier alpha value is -2.69. The second-order valence-electron chi connectivity index (χ2n) is 4.81. The summed E-state index contributed by atoms with van der Waals surface area (Å²) in [5.41, 5.74) is 4.60. The van der Waals surface area contributed by atoms with E-state index in [-0.39, 0.29) is 0 Å². The van der Waals surface area contributed by atoms with Crippen molar-refractivity contribution in [1.82, 2.24) is 18.8 Å². The van der Waals surface area contributed by atoms with E-state index in [1.54, 1.807) is 0 Å². The molecule has 5 rings (SSSR count). The van der Waals surface area contributed by atoms with Crippen LogP contribution in [-0.4, -0.2) is 18.8 Å². The van der Waals surface area contributed by atoms with Crippen LogP contribution in [0.25, 0.3) is 22.6 Å². The number of fused-ring (bicyclic) bond motifs is 7. The molecule has 5 heteroatoms. The maximum atomic E-state index is 4.45. The Bertz CT molecular complexity index is 947. The van der Waals surface area contributed by atoms with E-state index in [2.05, 4.69) is 41.8 Å². The molecule has 90 valence electrons. The van der Waals surface area contributed by atoms with Crippen molar-refractivity contribution in [2.45, 2.75) is 6.54 Å². The van der Waals surface area contributed by atoms with Crippen molar-refractivity contribution in [2.24, 2.45) is 0 Å². The first-order valence-corrected chi connectivity index (χ1v) is 6.22. The first-order chi connectivity index (χ1) is 9.42. The fourth-order valence-electron chi connectivity index (χ4n) is 2.96. The highest BCUT2D eigenvalue weighted by atomic mass is 15.2. The van der Waals surface area contributed by atoms with E-state index in [1.807, 2.05) is 30.9 Å². The van der Waals surface area contributed by atoms with Crippen LogP contribution in [0.2, 0.25) is 0 Å². The Morgan fingerprint density at radius 2 is 2.21 bits per heavy atom. The summed E-state index contributed by atoms with van der Waals surface area (Å²) in [6, 6.07) is 4.12. The Labute approximate surface area is 108 Å². The lowest BCUT2D eigenvalue weighted by Crippen LogP contribution is -2.29. The van der Waals surface area contributed by atoms with Gasteiger partial charge in [0.1, 0.15) is 18.3 Å². The molecular weight excluding hydrogens is 238 g/mol. The minimum atomic E-state index is 0.848. The van der Waals surface area contributed by atoms with Gasteiger partial charge in [-0.1, -0.05) is 0 Å². The Kier molecular flexibility index (Phi) is 1.46. The summed E-state index contributed by atoms with van der Waals surface area (Å²) in [6.07, 6.45) is 11.8. The van der Waals surface area contributed by atoms with Crippen molar-refractivity contribution in [3.05, 3.63) is 55.0 Å². The van der Waals surface area contributed by atoms with Gasteiger partial charge in [-0.15, -0.1) is 0 Å². The molecule has 0 radical (unpaired) electrons. The molecule has 0 fully saturated rings. The molecule has 0 spiro atoms. The zero-order valence-corrected chi connectivity index (χ0v) is 10.1. The minimum Gasteiger partial charge on any atom is -0.274 e. The van der Waals surface area contributed by atoms with Crippen molar-refractivity contribution in [3.8, 4) is 11.4 Å². The zero-order chi connectivity index (χ0) is 12.4. The van der Waals surface area contributed by atoms with Gasteiger partial charge in [0.15, 0.2) is 6.20 Å². The second-order valence-corrected chi connectivity index (χ2v) is 4.81. The highest BCUT2D eigenvalue weighted by Crippen LogP contribution is 2.27. The van der Waals surface area contributed by atoms with Crippen LogP contribution in [0.4, 0.5) is 0 Å². The van der Waals surface area contributed by atoms with Gasteiger partial charge < -0.3 is 0 Å². The van der Waals surface area contributed by atoms with Crippen molar-refractivity contribution < 1.29 is 4.57 Å². The average Bonchev–Trinajstić information content (AvgIpc) is 3.05. The molecule has 5 nitrogen and oxygen atoms in total. The normalized spacial score (nSPS) is 13.1. The number of nitrogens with zero attached hydrogens (tertiary/aromatic N) is 5. The molecule has 0 saturated carbocycles. The highest BCUT2D eigenvalue weighted by Gasteiger charge is 2.31. The van der Waals surface area contributed by atoms with Crippen LogP contribution in [0.15, 0.2) is 49.3 Å². The molecule has 4 aromatic heterocycles. The summed E-state index contributed by atoms with van der Waals surface area (Å²) in [5, 5.41) is 0. The lowest BCUT2D eigenvalue weighted by Gasteiger charge is -1.91.